The smallest absolute Gasteiger partial charge is 0.0335 e. The molecule has 0 radical (unpaired) electrons. The molecule has 0 saturated carbocycles. The Morgan fingerprint density at radius 2 is 2.00 bits per heavy atom. The molecule has 0 aromatic rings. The summed E-state index contributed by atoms with van der Waals surface area (Å²) in [6, 6.07) is 0.572. The fourth-order valence-corrected chi connectivity index (χ4v) is 1.74. The van der Waals surface area contributed by atoms with Crippen LogP contribution in [0.25, 0.3) is 0 Å². The molecule has 0 fully saturated rings. The Bertz CT molecular complexity index is 251. The average molecular weight is 194 g/mol. The lowest BCUT2D eigenvalue weighted by Gasteiger charge is -2.30. The molecule has 0 heterocycles. The summed E-state index contributed by atoms with van der Waals surface area (Å²) in [5, 5.41) is 0. The molecule has 1 aliphatic rings. The van der Waals surface area contributed by atoms with E-state index in [0.29, 0.717) is 6.04 Å². The van der Waals surface area contributed by atoms with Crippen LogP contribution in [-0.2, 0) is 0 Å². The number of hydrogen-bond acceptors (Lipinski definition) is 2. The van der Waals surface area contributed by atoms with Gasteiger partial charge in [-0.3, -0.25) is 4.90 Å². The first-order valence-electron chi connectivity index (χ1n) is 5.31. The van der Waals surface area contributed by atoms with Crippen molar-refractivity contribution >= 4 is 0 Å². The van der Waals surface area contributed by atoms with Crippen molar-refractivity contribution in [2.24, 2.45) is 0 Å². The van der Waals surface area contributed by atoms with Crippen molar-refractivity contribution in [3.63, 3.8) is 0 Å². The molecule has 0 spiro atoms. The molecule has 14 heavy (non-hydrogen) atoms. The minimum atomic E-state index is 0.572. The van der Waals surface area contributed by atoms with Gasteiger partial charge in [-0.2, -0.15) is 0 Å². The molecular formula is C12H22N2. The first-order chi connectivity index (χ1) is 6.54. The number of rotatable bonds is 3. The van der Waals surface area contributed by atoms with Crippen molar-refractivity contribution in [3.05, 3.63) is 23.4 Å². The number of hydrogen-bond donors (Lipinski definition) is 0. The first-order valence-corrected chi connectivity index (χ1v) is 5.31. The predicted molar refractivity (Wildman–Crippen MR) is 62.2 cm³/mol. The van der Waals surface area contributed by atoms with E-state index >= 15 is 0 Å². The lowest BCUT2D eigenvalue weighted by molar-refractivity contribution is 0.288. The van der Waals surface area contributed by atoms with Crippen LogP contribution in [0, 0.1) is 0 Å². The largest absolute Gasteiger partial charge is 0.378 e. The Balaban J connectivity index is 2.79. The van der Waals surface area contributed by atoms with E-state index in [-0.39, 0.29) is 0 Å². The Kier molecular flexibility index (Phi) is 3.76. The van der Waals surface area contributed by atoms with E-state index in [1.54, 1.807) is 0 Å². The lowest BCUT2D eigenvalue weighted by Crippen LogP contribution is -2.32. The molecule has 1 unspecified atom stereocenters. The van der Waals surface area contributed by atoms with E-state index in [0.717, 1.165) is 6.54 Å². The Morgan fingerprint density at radius 1 is 1.36 bits per heavy atom. The SMILES string of the molecule is CCN(C)C1C=C(N(C)C)C=C(C)C1. The van der Waals surface area contributed by atoms with Crippen LogP contribution in [0.5, 0.6) is 0 Å². The van der Waals surface area contributed by atoms with Crippen LogP contribution in [0.2, 0.25) is 0 Å². The summed E-state index contributed by atoms with van der Waals surface area (Å²) >= 11 is 0. The highest BCUT2D eigenvalue weighted by atomic mass is 15.1. The van der Waals surface area contributed by atoms with Crippen LogP contribution in [0.3, 0.4) is 0 Å². The summed E-state index contributed by atoms with van der Waals surface area (Å²) in [6.07, 6.45) is 5.80. The van der Waals surface area contributed by atoms with E-state index in [2.05, 4.69) is 56.9 Å². The molecule has 0 bridgehead atoms. The summed E-state index contributed by atoms with van der Waals surface area (Å²) in [5.74, 6) is 0. The molecule has 0 aliphatic heterocycles. The zero-order chi connectivity index (χ0) is 10.7. The van der Waals surface area contributed by atoms with Crippen LogP contribution in [0.15, 0.2) is 23.4 Å². The van der Waals surface area contributed by atoms with E-state index in [1.807, 2.05) is 0 Å². The Labute approximate surface area is 87.9 Å². The molecule has 0 saturated heterocycles. The average Bonchev–Trinajstić information content (AvgIpc) is 2.15. The topological polar surface area (TPSA) is 6.48 Å². The molecule has 80 valence electrons. The highest BCUT2D eigenvalue weighted by Gasteiger charge is 2.16. The summed E-state index contributed by atoms with van der Waals surface area (Å²) in [5.41, 5.74) is 2.81. The standard InChI is InChI=1S/C12H22N2/c1-6-14(5)12-8-10(2)7-11(9-12)13(3)4/h7,9,12H,6,8H2,1-5H3. The Hall–Kier alpha value is -0.760. The van der Waals surface area contributed by atoms with Gasteiger partial charge in [0.15, 0.2) is 0 Å². The summed E-state index contributed by atoms with van der Waals surface area (Å²) in [7, 11) is 6.39. The molecule has 0 N–H and O–H groups in total. The molecule has 0 aromatic carbocycles. The lowest BCUT2D eigenvalue weighted by atomic mass is 9.98. The van der Waals surface area contributed by atoms with Gasteiger partial charge in [0.2, 0.25) is 0 Å². The molecule has 1 atom stereocenters. The Morgan fingerprint density at radius 3 is 2.50 bits per heavy atom. The second-order valence-corrected chi connectivity index (χ2v) is 4.32. The van der Waals surface area contributed by atoms with Crippen LogP contribution in [0.4, 0.5) is 0 Å². The van der Waals surface area contributed by atoms with E-state index in [9.17, 15) is 0 Å². The fourth-order valence-electron chi connectivity index (χ4n) is 1.74. The van der Waals surface area contributed by atoms with E-state index in [4.69, 9.17) is 0 Å². The van der Waals surface area contributed by atoms with Gasteiger partial charge in [0.05, 0.1) is 0 Å². The van der Waals surface area contributed by atoms with Gasteiger partial charge in [0, 0.05) is 25.8 Å². The molecular weight excluding hydrogens is 172 g/mol. The monoisotopic (exact) mass is 194 g/mol. The highest BCUT2D eigenvalue weighted by Crippen LogP contribution is 2.21. The minimum absolute atomic E-state index is 0.572. The van der Waals surface area contributed by atoms with Crippen LogP contribution in [0.1, 0.15) is 20.3 Å². The third-order valence-corrected chi connectivity index (χ3v) is 2.87. The quantitative estimate of drug-likeness (QED) is 0.679. The molecule has 2 heteroatoms. The molecule has 0 aromatic heterocycles. The highest BCUT2D eigenvalue weighted by molar-refractivity contribution is 5.28. The van der Waals surface area contributed by atoms with E-state index in [1.165, 1.54) is 17.7 Å². The zero-order valence-electron chi connectivity index (χ0n) is 10.0. The normalized spacial score (nSPS) is 22.0. The van der Waals surface area contributed by atoms with Crippen LogP contribution >= 0.6 is 0 Å². The first kappa shape index (κ1) is 11.3. The zero-order valence-corrected chi connectivity index (χ0v) is 10.0. The molecule has 2 nitrogen and oxygen atoms in total. The second kappa shape index (κ2) is 4.65. The van der Waals surface area contributed by atoms with Gasteiger partial charge in [-0.1, -0.05) is 12.5 Å². The number of nitrogens with zero attached hydrogens (tertiary/aromatic N) is 2. The summed E-state index contributed by atoms with van der Waals surface area (Å²) in [4.78, 5) is 4.57. The van der Waals surface area contributed by atoms with Gasteiger partial charge in [-0.25, -0.2) is 0 Å². The van der Waals surface area contributed by atoms with Gasteiger partial charge >= 0.3 is 0 Å². The van der Waals surface area contributed by atoms with Crippen molar-refractivity contribution in [1.29, 1.82) is 0 Å². The van der Waals surface area contributed by atoms with Crippen molar-refractivity contribution in [1.82, 2.24) is 9.80 Å². The maximum atomic E-state index is 2.39. The van der Waals surface area contributed by atoms with E-state index < -0.39 is 0 Å². The maximum Gasteiger partial charge on any atom is 0.0335 e. The van der Waals surface area contributed by atoms with Gasteiger partial charge < -0.3 is 4.90 Å². The van der Waals surface area contributed by atoms with Gasteiger partial charge in [-0.05, 0) is 39.1 Å². The molecule has 1 aliphatic carbocycles. The summed E-state index contributed by atoms with van der Waals surface area (Å²) in [6.45, 7) is 5.53. The number of allylic oxidation sites excluding steroid dienone is 1. The van der Waals surface area contributed by atoms with Crippen molar-refractivity contribution in [3.8, 4) is 0 Å². The van der Waals surface area contributed by atoms with Crippen molar-refractivity contribution < 1.29 is 0 Å². The molecule has 1 rings (SSSR count). The fraction of sp³-hybridized carbons (Fsp3) is 0.667. The van der Waals surface area contributed by atoms with Crippen molar-refractivity contribution in [2.75, 3.05) is 27.7 Å². The predicted octanol–water partition coefficient (Wildman–Crippen LogP) is 2.10. The van der Waals surface area contributed by atoms with Gasteiger partial charge in [-0.15, -0.1) is 0 Å². The third kappa shape index (κ3) is 2.61. The minimum Gasteiger partial charge on any atom is -0.378 e. The van der Waals surface area contributed by atoms with Crippen LogP contribution < -0.4 is 0 Å². The summed E-state index contributed by atoms with van der Waals surface area (Å²) < 4.78 is 0. The number of likely N-dealkylation sites (N-methyl/N-ethyl adjacent to an activating group) is 2. The van der Waals surface area contributed by atoms with Gasteiger partial charge in [0.1, 0.15) is 0 Å². The second-order valence-electron chi connectivity index (χ2n) is 4.32. The van der Waals surface area contributed by atoms with Gasteiger partial charge in [0.25, 0.3) is 0 Å². The van der Waals surface area contributed by atoms with Crippen LogP contribution in [-0.4, -0.2) is 43.5 Å². The third-order valence-electron chi connectivity index (χ3n) is 2.87. The maximum absolute atomic E-state index is 2.39. The van der Waals surface area contributed by atoms with Crippen molar-refractivity contribution in [2.45, 2.75) is 26.3 Å². The molecule has 0 amide bonds.